The van der Waals surface area contributed by atoms with Crippen LogP contribution in [0, 0.1) is 6.92 Å². The minimum Gasteiger partial charge on any atom is -0.489 e. The molecule has 5 nitrogen and oxygen atoms in total. The number of hydrogen-bond acceptors (Lipinski definition) is 3. The van der Waals surface area contributed by atoms with Crippen LogP contribution in [-0.2, 0) is 16.2 Å². The van der Waals surface area contributed by atoms with Crippen molar-refractivity contribution in [1.29, 1.82) is 0 Å². The number of hydrogen-bond donors (Lipinski definition) is 2. The molecule has 0 radical (unpaired) electrons. The van der Waals surface area contributed by atoms with Gasteiger partial charge in [0.15, 0.2) is 0 Å². The first-order valence-corrected chi connectivity index (χ1v) is 8.56. The van der Waals surface area contributed by atoms with Crippen molar-refractivity contribution in [3.05, 3.63) is 90.0 Å². The summed E-state index contributed by atoms with van der Waals surface area (Å²) in [6.45, 7) is 2.33. The fraction of sp³-hybridized carbons (Fsp3) is 0.0909. The number of carbonyl (C=O) groups excluding carboxylic acids is 2. The lowest BCUT2D eigenvalue weighted by Crippen LogP contribution is -2.29. The Kier molecular flexibility index (Phi) is 5.84. The average molecular weight is 360 g/mol. The molecule has 0 atom stereocenters. The first-order valence-electron chi connectivity index (χ1n) is 8.56. The molecule has 0 saturated heterocycles. The third kappa shape index (κ3) is 5.19. The van der Waals surface area contributed by atoms with Gasteiger partial charge in [-0.25, -0.2) is 0 Å². The second-order valence-corrected chi connectivity index (χ2v) is 6.02. The number of anilines is 2. The Morgan fingerprint density at radius 1 is 0.778 bits per heavy atom. The largest absolute Gasteiger partial charge is 0.489 e. The molecule has 0 aliphatic rings. The lowest BCUT2D eigenvalue weighted by Gasteiger charge is -2.10. The monoisotopic (exact) mass is 360 g/mol. The van der Waals surface area contributed by atoms with Gasteiger partial charge in [0.25, 0.3) is 0 Å². The van der Waals surface area contributed by atoms with E-state index in [1.165, 1.54) is 0 Å². The standard InChI is InChI=1S/C22H20N2O3/c1-16-7-5-6-10-20(16)24-22(26)21(25)23-18-11-13-19(14-12-18)27-15-17-8-3-2-4-9-17/h2-14H,15H2,1H3,(H,23,25)(H,24,26). The molecule has 0 unspecified atom stereocenters. The van der Waals surface area contributed by atoms with Crippen LogP contribution >= 0.6 is 0 Å². The second kappa shape index (κ2) is 8.67. The van der Waals surface area contributed by atoms with Crippen molar-refractivity contribution in [2.75, 3.05) is 10.6 Å². The highest BCUT2D eigenvalue weighted by Gasteiger charge is 2.14. The highest BCUT2D eigenvalue weighted by atomic mass is 16.5. The van der Waals surface area contributed by atoms with E-state index in [2.05, 4.69) is 10.6 Å². The van der Waals surface area contributed by atoms with Crippen molar-refractivity contribution in [2.45, 2.75) is 13.5 Å². The van der Waals surface area contributed by atoms with Gasteiger partial charge in [-0.15, -0.1) is 0 Å². The summed E-state index contributed by atoms with van der Waals surface area (Å²) in [5, 5.41) is 5.18. The van der Waals surface area contributed by atoms with Crippen molar-refractivity contribution < 1.29 is 14.3 Å². The van der Waals surface area contributed by atoms with E-state index < -0.39 is 11.8 Å². The zero-order valence-corrected chi connectivity index (χ0v) is 14.9. The number of para-hydroxylation sites is 1. The fourth-order valence-corrected chi connectivity index (χ4v) is 2.46. The van der Waals surface area contributed by atoms with Gasteiger partial charge in [0.1, 0.15) is 12.4 Å². The van der Waals surface area contributed by atoms with Crippen LogP contribution in [0.25, 0.3) is 0 Å². The number of ether oxygens (including phenoxy) is 1. The second-order valence-electron chi connectivity index (χ2n) is 6.02. The van der Waals surface area contributed by atoms with Crippen LogP contribution < -0.4 is 15.4 Å². The molecule has 0 aromatic heterocycles. The van der Waals surface area contributed by atoms with Crippen molar-refractivity contribution in [2.24, 2.45) is 0 Å². The van der Waals surface area contributed by atoms with Gasteiger partial charge in [-0.05, 0) is 48.4 Å². The van der Waals surface area contributed by atoms with Gasteiger partial charge in [-0.1, -0.05) is 48.5 Å². The number of carbonyl (C=O) groups is 2. The quantitative estimate of drug-likeness (QED) is 0.672. The smallest absolute Gasteiger partial charge is 0.314 e. The van der Waals surface area contributed by atoms with Gasteiger partial charge < -0.3 is 15.4 Å². The van der Waals surface area contributed by atoms with Gasteiger partial charge in [0, 0.05) is 11.4 Å². The van der Waals surface area contributed by atoms with Gasteiger partial charge in [0.2, 0.25) is 0 Å². The normalized spacial score (nSPS) is 10.1. The minimum absolute atomic E-state index is 0.464. The van der Waals surface area contributed by atoms with Crippen LogP contribution in [0.3, 0.4) is 0 Å². The third-order valence-corrected chi connectivity index (χ3v) is 3.96. The highest BCUT2D eigenvalue weighted by Crippen LogP contribution is 2.17. The first kappa shape index (κ1) is 18.2. The third-order valence-electron chi connectivity index (χ3n) is 3.96. The maximum atomic E-state index is 12.1. The van der Waals surface area contributed by atoms with E-state index in [-0.39, 0.29) is 0 Å². The average Bonchev–Trinajstić information content (AvgIpc) is 2.70. The van der Waals surface area contributed by atoms with Gasteiger partial charge in [-0.3, -0.25) is 9.59 Å². The van der Waals surface area contributed by atoms with E-state index in [4.69, 9.17) is 4.74 Å². The summed E-state index contributed by atoms with van der Waals surface area (Å²) in [6, 6.07) is 24.0. The Hall–Kier alpha value is -3.60. The molecule has 3 aromatic rings. The lowest BCUT2D eigenvalue weighted by molar-refractivity contribution is -0.133. The minimum atomic E-state index is -0.726. The molecule has 0 bridgehead atoms. The molecule has 27 heavy (non-hydrogen) atoms. The molecule has 0 aliphatic carbocycles. The van der Waals surface area contributed by atoms with E-state index in [9.17, 15) is 9.59 Å². The van der Waals surface area contributed by atoms with Crippen LogP contribution in [0.2, 0.25) is 0 Å². The molecular formula is C22H20N2O3. The van der Waals surface area contributed by atoms with Crippen molar-refractivity contribution in [3.8, 4) is 5.75 Å². The number of aryl methyl sites for hydroxylation is 1. The molecule has 2 N–H and O–H groups in total. The lowest BCUT2D eigenvalue weighted by atomic mass is 10.2. The van der Waals surface area contributed by atoms with Crippen LogP contribution in [-0.4, -0.2) is 11.8 Å². The summed E-state index contributed by atoms with van der Waals surface area (Å²) in [7, 11) is 0. The van der Waals surface area contributed by atoms with Crippen molar-refractivity contribution in [3.63, 3.8) is 0 Å². The van der Waals surface area contributed by atoms with E-state index in [0.29, 0.717) is 23.7 Å². The maximum Gasteiger partial charge on any atom is 0.314 e. The van der Waals surface area contributed by atoms with E-state index in [0.717, 1.165) is 11.1 Å². The van der Waals surface area contributed by atoms with E-state index in [1.807, 2.05) is 49.4 Å². The molecular weight excluding hydrogens is 340 g/mol. The zero-order valence-electron chi connectivity index (χ0n) is 14.9. The SMILES string of the molecule is Cc1ccccc1NC(=O)C(=O)Nc1ccc(OCc2ccccc2)cc1. The highest BCUT2D eigenvalue weighted by molar-refractivity contribution is 6.43. The Balaban J connectivity index is 1.53. The summed E-state index contributed by atoms with van der Waals surface area (Å²) >= 11 is 0. The Bertz CT molecular complexity index is 922. The number of benzene rings is 3. The van der Waals surface area contributed by atoms with E-state index >= 15 is 0 Å². The topological polar surface area (TPSA) is 67.4 Å². The number of amides is 2. The molecule has 0 aliphatic heterocycles. The molecule has 0 heterocycles. The Morgan fingerprint density at radius 2 is 1.41 bits per heavy atom. The van der Waals surface area contributed by atoms with Crippen molar-refractivity contribution in [1.82, 2.24) is 0 Å². The van der Waals surface area contributed by atoms with Gasteiger partial charge in [0.05, 0.1) is 0 Å². The van der Waals surface area contributed by atoms with Gasteiger partial charge in [-0.2, -0.15) is 0 Å². The predicted molar refractivity (Wildman–Crippen MR) is 106 cm³/mol. The molecule has 3 rings (SSSR count). The predicted octanol–water partition coefficient (Wildman–Crippen LogP) is 4.15. The Labute approximate surface area is 158 Å². The summed E-state index contributed by atoms with van der Waals surface area (Å²) < 4.78 is 5.70. The molecule has 5 heteroatoms. The summed E-state index contributed by atoms with van der Waals surface area (Å²) in [4.78, 5) is 24.1. The molecule has 0 spiro atoms. The number of nitrogens with one attached hydrogen (secondary N) is 2. The number of rotatable bonds is 5. The molecule has 0 saturated carbocycles. The van der Waals surface area contributed by atoms with E-state index in [1.54, 1.807) is 36.4 Å². The van der Waals surface area contributed by atoms with Crippen molar-refractivity contribution >= 4 is 23.2 Å². The van der Waals surface area contributed by atoms with Gasteiger partial charge >= 0.3 is 11.8 Å². The summed E-state index contributed by atoms with van der Waals surface area (Å²) in [5.74, 6) is -0.758. The first-order chi connectivity index (χ1) is 13.1. The van der Waals surface area contributed by atoms with Crippen LogP contribution in [0.5, 0.6) is 5.75 Å². The molecule has 0 fully saturated rings. The zero-order chi connectivity index (χ0) is 19.1. The molecule has 3 aromatic carbocycles. The van der Waals surface area contributed by atoms with Crippen LogP contribution in [0.15, 0.2) is 78.9 Å². The maximum absolute atomic E-state index is 12.1. The molecule has 136 valence electrons. The fourth-order valence-electron chi connectivity index (χ4n) is 2.46. The summed E-state index contributed by atoms with van der Waals surface area (Å²) in [6.07, 6.45) is 0. The molecule has 2 amide bonds. The summed E-state index contributed by atoms with van der Waals surface area (Å²) in [5.41, 5.74) is 3.09. The van der Waals surface area contributed by atoms with Crippen LogP contribution in [0.1, 0.15) is 11.1 Å². The van der Waals surface area contributed by atoms with Crippen LogP contribution in [0.4, 0.5) is 11.4 Å². The Morgan fingerprint density at radius 3 is 2.11 bits per heavy atom.